The van der Waals surface area contributed by atoms with Gasteiger partial charge in [0.05, 0.1) is 4.92 Å². The molecule has 5 nitrogen and oxygen atoms in total. The van der Waals surface area contributed by atoms with Crippen LogP contribution in [0.3, 0.4) is 0 Å². The Hall–Kier alpha value is -2.21. The average molecular weight is 322 g/mol. The fourth-order valence-electron chi connectivity index (χ4n) is 1.47. The van der Waals surface area contributed by atoms with Crippen LogP contribution < -0.4 is 4.74 Å². The zero-order chi connectivity index (χ0) is 13.8. The van der Waals surface area contributed by atoms with Crippen LogP contribution in [0.5, 0.6) is 11.5 Å². The number of ether oxygens (including phenoxy) is 1. The molecule has 2 rings (SSSR count). The van der Waals surface area contributed by atoms with Gasteiger partial charge in [0.15, 0.2) is 0 Å². The third-order valence-corrected chi connectivity index (χ3v) is 2.89. The molecule has 0 aliphatic carbocycles. The third-order valence-electron chi connectivity index (χ3n) is 2.36. The van der Waals surface area contributed by atoms with Gasteiger partial charge in [-0.2, -0.15) is 0 Å². The minimum atomic E-state index is -0.582. The van der Waals surface area contributed by atoms with E-state index in [0.29, 0.717) is 12.0 Å². The van der Waals surface area contributed by atoms with Crippen LogP contribution in [0.15, 0.2) is 46.9 Å². The van der Waals surface area contributed by atoms with Gasteiger partial charge >= 0.3 is 5.69 Å². The molecular weight excluding hydrogens is 314 g/mol. The standard InChI is InChI=1S/C13H8BrNO4/c14-10-2-4-11(5-3-10)19-13-6-1-9(8-16)7-12(13)15(17)18/h1-8H. The number of aldehydes is 1. The van der Waals surface area contributed by atoms with Crippen molar-refractivity contribution in [1.82, 2.24) is 0 Å². The minimum Gasteiger partial charge on any atom is -0.450 e. The summed E-state index contributed by atoms with van der Waals surface area (Å²) in [5, 5.41) is 10.9. The third kappa shape index (κ3) is 3.17. The lowest BCUT2D eigenvalue weighted by Crippen LogP contribution is -1.95. The van der Waals surface area contributed by atoms with Gasteiger partial charge < -0.3 is 4.74 Å². The van der Waals surface area contributed by atoms with Crippen molar-refractivity contribution in [2.45, 2.75) is 0 Å². The molecule has 0 bridgehead atoms. The van der Waals surface area contributed by atoms with E-state index in [1.54, 1.807) is 24.3 Å². The summed E-state index contributed by atoms with van der Waals surface area (Å²) in [6, 6.07) is 10.9. The van der Waals surface area contributed by atoms with Crippen molar-refractivity contribution in [1.29, 1.82) is 0 Å². The Kier molecular flexibility index (Phi) is 3.91. The number of hydrogen-bond donors (Lipinski definition) is 0. The summed E-state index contributed by atoms with van der Waals surface area (Å²) in [7, 11) is 0. The number of nitro groups is 1. The summed E-state index contributed by atoms with van der Waals surface area (Å²) in [4.78, 5) is 21.0. The molecule has 0 unspecified atom stereocenters. The maximum atomic E-state index is 10.9. The number of carbonyl (C=O) groups is 1. The van der Waals surface area contributed by atoms with Crippen LogP contribution in [0.1, 0.15) is 10.4 Å². The molecule has 0 aliphatic heterocycles. The van der Waals surface area contributed by atoms with Crippen LogP contribution in [-0.2, 0) is 0 Å². The van der Waals surface area contributed by atoms with Crippen molar-refractivity contribution >= 4 is 27.9 Å². The Morgan fingerprint density at radius 3 is 2.42 bits per heavy atom. The second-order valence-electron chi connectivity index (χ2n) is 3.66. The topological polar surface area (TPSA) is 69.4 Å². The molecule has 2 aromatic rings. The maximum Gasteiger partial charge on any atom is 0.312 e. The van der Waals surface area contributed by atoms with Crippen LogP contribution >= 0.6 is 15.9 Å². The molecule has 96 valence electrons. The van der Waals surface area contributed by atoms with E-state index in [4.69, 9.17) is 4.74 Å². The number of rotatable bonds is 4. The van der Waals surface area contributed by atoms with E-state index >= 15 is 0 Å². The van der Waals surface area contributed by atoms with Crippen LogP contribution in [0.25, 0.3) is 0 Å². The van der Waals surface area contributed by atoms with Gasteiger partial charge in [0.1, 0.15) is 12.0 Å². The monoisotopic (exact) mass is 321 g/mol. The smallest absolute Gasteiger partial charge is 0.312 e. The van der Waals surface area contributed by atoms with Crippen LogP contribution in [0.4, 0.5) is 5.69 Å². The van der Waals surface area contributed by atoms with E-state index in [0.717, 1.165) is 4.47 Å². The Bertz CT molecular complexity index is 625. The first kappa shape index (κ1) is 13.2. The van der Waals surface area contributed by atoms with Gasteiger partial charge in [-0.1, -0.05) is 15.9 Å². The highest BCUT2D eigenvalue weighted by Crippen LogP contribution is 2.32. The number of hydrogen-bond acceptors (Lipinski definition) is 4. The fraction of sp³-hybridized carbons (Fsp3) is 0. The zero-order valence-corrected chi connectivity index (χ0v) is 11.2. The first-order valence-electron chi connectivity index (χ1n) is 5.27. The van der Waals surface area contributed by atoms with Gasteiger partial charge in [0.25, 0.3) is 0 Å². The molecule has 19 heavy (non-hydrogen) atoms. The highest BCUT2D eigenvalue weighted by Gasteiger charge is 2.16. The van der Waals surface area contributed by atoms with Gasteiger partial charge in [0, 0.05) is 16.1 Å². The molecule has 0 amide bonds. The quantitative estimate of drug-likeness (QED) is 0.485. The van der Waals surface area contributed by atoms with Gasteiger partial charge in [-0.15, -0.1) is 0 Å². The lowest BCUT2D eigenvalue weighted by molar-refractivity contribution is -0.385. The summed E-state index contributed by atoms with van der Waals surface area (Å²) >= 11 is 3.28. The average Bonchev–Trinajstić information content (AvgIpc) is 2.41. The normalized spacial score (nSPS) is 9.95. The predicted molar refractivity (Wildman–Crippen MR) is 72.7 cm³/mol. The Balaban J connectivity index is 2.36. The SMILES string of the molecule is O=Cc1ccc(Oc2ccc(Br)cc2)c([N+](=O)[O-])c1. The number of halogens is 1. The number of benzene rings is 2. The number of nitro benzene ring substituents is 1. The highest BCUT2D eigenvalue weighted by atomic mass is 79.9. The maximum absolute atomic E-state index is 10.9. The molecular formula is C13H8BrNO4. The predicted octanol–water partition coefficient (Wildman–Crippen LogP) is 3.96. The van der Waals surface area contributed by atoms with E-state index < -0.39 is 4.92 Å². The Morgan fingerprint density at radius 2 is 1.84 bits per heavy atom. The van der Waals surface area contributed by atoms with Crippen LogP contribution in [0.2, 0.25) is 0 Å². The van der Waals surface area contributed by atoms with Gasteiger partial charge in [-0.25, -0.2) is 0 Å². The first-order valence-corrected chi connectivity index (χ1v) is 6.06. The zero-order valence-electron chi connectivity index (χ0n) is 9.58. The molecule has 0 radical (unpaired) electrons. The van der Waals surface area contributed by atoms with Gasteiger partial charge in [0.2, 0.25) is 5.75 Å². The van der Waals surface area contributed by atoms with Crippen LogP contribution in [-0.4, -0.2) is 11.2 Å². The summed E-state index contributed by atoms with van der Waals surface area (Å²) in [6.07, 6.45) is 0.552. The van der Waals surface area contributed by atoms with E-state index in [-0.39, 0.29) is 17.0 Å². The van der Waals surface area contributed by atoms with Crippen molar-refractivity contribution < 1.29 is 14.5 Å². The summed E-state index contributed by atoms with van der Waals surface area (Å²) in [6.45, 7) is 0. The summed E-state index contributed by atoms with van der Waals surface area (Å²) in [5.74, 6) is 0.572. The molecule has 0 spiro atoms. The molecule has 0 saturated heterocycles. The van der Waals surface area contributed by atoms with Crippen LogP contribution in [0, 0.1) is 10.1 Å². The van der Waals surface area contributed by atoms with Gasteiger partial charge in [-0.05, 0) is 36.4 Å². The second kappa shape index (κ2) is 5.62. The largest absolute Gasteiger partial charge is 0.450 e. The molecule has 0 heterocycles. The minimum absolute atomic E-state index is 0.0953. The van der Waals surface area contributed by atoms with Gasteiger partial charge in [-0.3, -0.25) is 14.9 Å². The Morgan fingerprint density at radius 1 is 1.16 bits per heavy atom. The molecule has 0 fully saturated rings. The van der Waals surface area contributed by atoms with E-state index in [1.165, 1.54) is 18.2 Å². The molecule has 0 saturated carbocycles. The molecule has 0 atom stereocenters. The first-order chi connectivity index (χ1) is 9.10. The number of carbonyl (C=O) groups excluding carboxylic acids is 1. The fourth-order valence-corrected chi connectivity index (χ4v) is 1.73. The lowest BCUT2D eigenvalue weighted by atomic mass is 10.2. The Labute approximate surface area is 117 Å². The molecule has 0 aromatic heterocycles. The number of nitrogens with zero attached hydrogens (tertiary/aromatic N) is 1. The molecule has 2 aromatic carbocycles. The van der Waals surface area contributed by atoms with E-state index in [9.17, 15) is 14.9 Å². The lowest BCUT2D eigenvalue weighted by Gasteiger charge is -2.06. The molecule has 0 N–H and O–H groups in total. The van der Waals surface area contributed by atoms with Crippen molar-refractivity contribution in [3.05, 3.63) is 62.6 Å². The van der Waals surface area contributed by atoms with Crippen molar-refractivity contribution in [2.24, 2.45) is 0 Å². The van der Waals surface area contributed by atoms with E-state index in [2.05, 4.69) is 15.9 Å². The molecule has 0 aliphatic rings. The van der Waals surface area contributed by atoms with Crippen molar-refractivity contribution in [3.8, 4) is 11.5 Å². The summed E-state index contributed by atoms with van der Waals surface area (Å²) < 4.78 is 6.33. The highest BCUT2D eigenvalue weighted by molar-refractivity contribution is 9.10. The van der Waals surface area contributed by atoms with Crippen molar-refractivity contribution in [3.63, 3.8) is 0 Å². The van der Waals surface area contributed by atoms with E-state index in [1.807, 2.05) is 0 Å². The molecule has 6 heteroatoms. The summed E-state index contributed by atoms with van der Waals surface area (Å²) in [5.41, 5.74) is -0.0117. The van der Waals surface area contributed by atoms with Crippen molar-refractivity contribution in [2.75, 3.05) is 0 Å². The second-order valence-corrected chi connectivity index (χ2v) is 4.57.